The maximum atomic E-state index is 12.4. The Morgan fingerprint density at radius 1 is 1.24 bits per heavy atom. The number of rotatable bonds is 3. The molecule has 0 bridgehead atoms. The second-order valence-electron chi connectivity index (χ2n) is 5.68. The average molecular weight is 411 g/mol. The van der Waals surface area contributed by atoms with Crippen molar-refractivity contribution in [1.29, 1.82) is 0 Å². The molecule has 7 heteroatoms. The summed E-state index contributed by atoms with van der Waals surface area (Å²) in [7, 11) is 0. The van der Waals surface area contributed by atoms with Gasteiger partial charge < -0.3 is 4.57 Å². The van der Waals surface area contributed by atoms with Crippen molar-refractivity contribution in [3.8, 4) is 5.69 Å². The van der Waals surface area contributed by atoms with E-state index in [1.165, 1.54) is 11.8 Å². The third-order valence-corrected chi connectivity index (χ3v) is 6.03. The van der Waals surface area contributed by atoms with E-state index in [1.807, 2.05) is 43.5 Å². The maximum Gasteiger partial charge on any atom is 0.266 e. The number of thioether (sulfide) groups is 1. The summed E-state index contributed by atoms with van der Waals surface area (Å²) in [4.78, 5) is 14.7. The number of aryl methyl sites for hydroxylation is 1. The first-order chi connectivity index (χ1) is 11.8. The SMILES string of the molecule is CCN1C(=O)C(=Cc2cc(C)n(-c3cc(Cl)ccc3Cl)c2C)SC1=S. The molecule has 0 N–H and O–H groups in total. The minimum atomic E-state index is -0.0388. The van der Waals surface area contributed by atoms with E-state index in [9.17, 15) is 4.79 Å². The summed E-state index contributed by atoms with van der Waals surface area (Å²) in [5.74, 6) is -0.0388. The molecule has 0 spiro atoms. The van der Waals surface area contributed by atoms with E-state index in [0.717, 1.165) is 22.6 Å². The second kappa shape index (κ2) is 7.16. The molecule has 1 fully saturated rings. The Hall–Kier alpha value is -1.27. The van der Waals surface area contributed by atoms with E-state index in [2.05, 4.69) is 0 Å². The normalized spacial score (nSPS) is 16.4. The van der Waals surface area contributed by atoms with Gasteiger partial charge in [0.15, 0.2) is 0 Å². The molecule has 0 atom stereocenters. The summed E-state index contributed by atoms with van der Waals surface area (Å²) >= 11 is 19.1. The molecular formula is C18H16Cl2N2OS2. The average Bonchev–Trinajstić information content (AvgIpc) is 2.98. The van der Waals surface area contributed by atoms with Crippen molar-refractivity contribution in [3.05, 3.63) is 56.2 Å². The Balaban J connectivity index is 2.07. The summed E-state index contributed by atoms with van der Waals surface area (Å²) in [5, 5.41) is 1.24. The van der Waals surface area contributed by atoms with Crippen molar-refractivity contribution < 1.29 is 4.79 Å². The molecule has 0 unspecified atom stereocenters. The summed E-state index contributed by atoms with van der Waals surface area (Å²) in [6, 6.07) is 7.41. The topological polar surface area (TPSA) is 25.2 Å². The minimum Gasteiger partial charge on any atom is -0.316 e. The number of hydrogen-bond acceptors (Lipinski definition) is 3. The highest BCUT2D eigenvalue weighted by Crippen LogP contribution is 2.34. The van der Waals surface area contributed by atoms with Gasteiger partial charge in [0.2, 0.25) is 0 Å². The third-order valence-electron chi connectivity index (χ3n) is 4.10. The second-order valence-corrected chi connectivity index (χ2v) is 8.20. The van der Waals surface area contributed by atoms with Crippen molar-refractivity contribution in [1.82, 2.24) is 9.47 Å². The molecular weight excluding hydrogens is 395 g/mol. The first-order valence-corrected chi connectivity index (χ1v) is 9.71. The summed E-state index contributed by atoms with van der Waals surface area (Å²) in [6.07, 6.45) is 1.90. The third kappa shape index (κ3) is 3.38. The van der Waals surface area contributed by atoms with Crippen LogP contribution in [0.25, 0.3) is 11.8 Å². The number of likely N-dealkylation sites (N-methyl/N-ethyl adjacent to an activating group) is 1. The van der Waals surface area contributed by atoms with E-state index in [-0.39, 0.29) is 5.91 Å². The van der Waals surface area contributed by atoms with E-state index in [1.54, 1.807) is 17.0 Å². The van der Waals surface area contributed by atoms with Crippen molar-refractivity contribution in [3.63, 3.8) is 0 Å². The van der Waals surface area contributed by atoms with Gasteiger partial charge in [0.05, 0.1) is 15.6 Å². The van der Waals surface area contributed by atoms with Crippen LogP contribution in [-0.2, 0) is 4.79 Å². The zero-order valence-electron chi connectivity index (χ0n) is 14.0. The number of amides is 1. The predicted octanol–water partition coefficient (Wildman–Crippen LogP) is 5.62. The van der Waals surface area contributed by atoms with Gasteiger partial charge in [-0.1, -0.05) is 47.2 Å². The molecule has 2 aromatic rings. The molecule has 0 aliphatic carbocycles. The number of carbonyl (C=O) groups excluding carboxylic acids is 1. The van der Waals surface area contributed by atoms with Crippen LogP contribution in [-0.4, -0.2) is 26.2 Å². The molecule has 3 nitrogen and oxygen atoms in total. The fourth-order valence-corrected chi connectivity index (χ4v) is 4.62. The minimum absolute atomic E-state index is 0.0388. The smallest absolute Gasteiger partial charge is 0.266 e. The van der Waals surface area contributed by atoms with E-state index < -0.39 is 0 Å². The van der Waals surface area contributed by atoms with Gasteiger partial charge in [0, 0.05) is 23.0 Å². The lowest BCUT2D eigenvalue weighted by atomic mass is 10.2. The number of hydrogen-bond donors (Lipinski definition) is 0. The molecule has 2 heterocycles. The lowest BCUT2D eigenvalue weighted by molar-refractivity contribution is -0.121. The van der Waals surface area contributed by atoms with Crippen LogP contribution in [0.2, 0.25) is 10.0 Å². The highest BCUT2D eigenvalue weighted by atomic mass is 35.5. The molecule has 0 radical (unpaired) electrons. The van der Waals surface area contributed by atoms with E-state index >= 15 is 0 Å². The van der Waals surface area contributed by atoms with Crippen LogP contribution in [0.5, 0.6) is 0 Å². The standard InChI is InChI=1S/C18H16Cl2N2OS2/c1-4-21-17(23)16(25-18(21)24)8-12-7-10(2)22(11(12)3)15-9-13(19)5-6-14(15)20/h5-9H,4H2,1-3H3. The number of benzene rings is 1. The van der Waals surface area contributed by atoms with Gasteiger partial charge in [-0.15, -0.1) is 0 Å². The Kier molecular flexibility index (Phi) is 5.30. The van der Waals surface area contributed by atoms with Crippen LogP contribution in [0.3, 0.4) is 0 Å². The van der Waals surface area contributed by atoms with Crippen LogP contribution in [0.4, 0.5) is 0 Å². The molecule has 3 rings (SSSR count). The summed E-state index contributed by atoms with van der Waals surface area (Å²) in [6.45, 7) is 6.50. The number of nitrogens with zero attached hydrogens (tertiary/aromatic N) is 2. The van der Waals surface area contributed by atoms with Crippen molar-refractivity contribution in [2.45, 2.75) is 20.8 Å². The Morgan fingerprint density at radius 2 is 1.96 bits per heavy atom. The number of thiocarbonyl (C=S) groups is 1. The summed E-state index contributed by atoms with van der Waals surface area (Å²) in [5.41, 5.74) is 3.79. The fourth-order valence-electron chi connectivity index (χ4n) is 2.88. The molecule has 1 saturated heterocycles. The number of halogens is 2. The largest absolute Gasteiger partial charge is 0.316 e. The first kappa shape index (κ1) is 18.5. The van der Waals surface area contributed by atoms with Crippen LogP contribution >= 0.6 is 47.2 Å². The Morgan fingerprint density at radius 3 is 2.60 bits per heavy atom. The zero-order chi connectivity index (χ0) is 18.3. The van der Waals surface area contributed by atoms with Gasteiger partial charge in [0.1, 0.15) is 4.32 Å². The molecule has 1 aromatic carbocycles. The lowest BCUT2D eigenvalue weighted by Crippen LogP contribution is -2.27. The fraction of sp³-hybridized carbons (Fsp3) is 0.222. The summed E-state index contributed by atoms with van der Waals surface area (Å²) < 4.78 is 2.64. The van der Waals surface area contributed by atoms with Crippen molar-refractivity contribution >= 4 is 63.5 Å². The van der Waals surface area contributed by atoms with Crippen LogP contribution < -0.4 is 0 Å². The van der Waals surface area contributed by atoms with E-state index in [4.69, 9.17) is 35.4 Å². The van der Waals surface area contributed by atoms with Gasteiger partial charge in [-0.3, -0.25) is 9.69 Å². The molecule has 130 valence electrons. The lowest BCUT2D eigenvalue weighted by Gasteiger charge is -2.12. The van der Waals surface area contributed by atoms with Gasteiger partial charge in [-0.2, -0.15) is 0 Å². The van der Waals surface area contributed by atoms with Crippen LogP contribution in [0, 0.1) is 13.8 Å². The quantitative estimate of drug-likeness (QED) is 0.484. The molecule has 0 saturated carbocycles. The predicted molar refractivity (Wildman–Crippen MR) is 111 cm³/mol. The molecule has 1 amide bonds. The first-order valence-electron chi connectivity index (χ1n) is 7.73. The van der Waals surface area contributed by atoms with Gasteiger partial charge in [-0.05, 0) is 56.7 Å². The van der Waals surface area contributed by atoms with Crippen molar-refractivity contribution in [2.24, 2.45) is 0 Å². The molecule has 25 heavy (non-hydrogen) atoms. The highest BCUT2D eigenvalue weighted by Gasteiger charge is 2.31. The molecule has 1 aromatic heterocycles. The molecule has 1 aliphatic heterocycles. The monoisotopic (exact) mass is 410 g/mol. The maximum absolute atomic E-state index is 12.4. The van der Waals surface area contributed by atoms with Crippen LogP contribution in [0.15, 0.2) is 29.2 Å². The number of aromatic nitrogens is 1. The van der Waals surface area contributed by atoms with Gasteiger partial charge >= 0.3 is 0 Å². The van der Waals surface area contributed by atoms with Gasteiger partial charge in [-0.25, -0.2) is 0 Å². The Labute approximate surface area is 166 Å². The van der Waals surface area contributed by atoms with E-state index in [0.29, 0.717) is 25.8 Å². The highest BCUT2D eigenvalue weighted by molar-refractivity contribution is 8.26. The number of carbonyl (C=O) groups is 1. The molecule has 1 aliphatic rings. The zero-order valence-corrected chi connectivity index (χ0v) is 17.1. The van der Waals surface area contributed by atoms with Gasteiger partial charge in [0.25, 0.3) is 5.91 Å². The van der Waals surface area contributed by atoms with Crippen LogP contribution in [0.1, 0.15) is 23.9 Å². The van der Waals surface area contributed by atoms with Crippen molar-refractivity contribution in [2.75, 3.05) is 6.54 Å². The Bertz CT molecular complexity index is 918.